The van der Waals surface area contributed by atoms with Gasteiger partial charge in [-0.1, -0.05) is 30.3 Å². The zero-order chi connectivity index (χ0) is 16.1. The number of carbonyl (C=O) groups is 1. The highest BCUT2D eigenvalue weighted by Crippen LogP contribution is 2.18. The molecule has 1 saturated heterocycles. The monoisotopic (exact) mass is 329 g/mol. The zero-order valence-corrected chi connectivity index (χ0v) is 13.6. The van der Waals surface area contributed by atoms with Crippen LogP contribution >= 0.6 is 11.8 Å². The first-order valence-corrected chi connectivity index (χ1v) is 8.67. The van der Waals surface area contributed by atoms with Gasteiger partial charge in [0.25, 0.3) is 5.91 Å². The number of benzene rings is 1. The number of anilines is 2. The molecule has 0 unspecified atom stereocenters. The maximum Gasteiger partial charge on any atom is 0.256 e. The quantitative estimate of drug-likeness (QED) is 0.885. The van der Waals surface area contributed by atoms with Crippen molar-refractivity contribution >= 4 is 29.4 Å². The standard InChI is InChI=1S/C16H19N5OS/c17-14-13(15(22)18-10-12-4-2-1-3-5-12)11-19-16(20-14)21-6-8-23-9-7-21/h1-5,11H,6-10H2,(H,18,22)(H2,17,19,20). The van der Waals surface area contributed by atoms with E-state index in [2.05, 4.69) is 20.2 Å². The summed E-state index contributed by atoms with van der Waals surface area (Å²) in [6.07, 6.45) is 1.51. The minimum Gasteiger partial charge on any atom is -0.383 e. The van der Waals surface area contributed by atoms with Gasteiger partial charge in [-0.15, -0.1) is 0 Å². The first kappa shape index (κ1) is 15.6. The minimum absolute atomic E-state index is 0.221. The van der Waals surface area contributed by atoms with Crippen molar-refractivity contribution in [1.82, 2.24) is 15.3 Å². The molecule has 0 atom stereocenters. The topological polar surface area (TPSA) is 84.1 Å². The lowest BCUT2D eigenvalue weighted by atomic mass is 10.2. The SMILES string of the molecule is Nc1nc(N2CCSCC2)ncc1C(=O)NCc1ccccc1. The number of thioether (sulfide) groups is 1. The maximum atomic E-state index is 12.2. The summed E-state index contributed by atoms with van der Waals surface area (Å²) in [5, 5.41) is 2.84. The Kier molecular flexibility index (Phi) is 4.97. The van der Waals surface area contributed by atoms with Crippen LogP contribution in [0.25, 0.3) is 0 Å². The lowest BCUT2D eigenvalue weighted by molar-refractivity contribution is 0.0951. The molecule has 3 N–H and O–H groups in total. The molecular formula is C16H19N5OS. The molecule has 1 amide bonds. The third-order valence-electron chi connectivity index (χ3n) is 3.64. The summed E-state index contributed by atoms with van der Waals surface area (Å²) in [6.45, 7) is 2.26. The fourth-order valence-electron chi connectivity index (χ4n) is 2.35. The van der Waals surface area contributed by atoms with E-state index in [9.17, 15) is 4.79 Å². The lowest BCUT2D eigenvalue weighted by Crippen LogP contribution is -2.34. The van der Waals surface area contributed by atoms with Gasteiger partial charge in [-0.2, -0.15) is 16.7 Å². The van der Waals surface area contributed by atoms with Gasteiger partial charge in [-0.25, -0.2) is 4.98 Å². The highest BCUT2D eigenvalue weighted by Gasteiger charge is 2.17. The van der Waals surface area contributed by atoms with E-state index in [1.165, 1.54) is 6.20 Å². The van der Waals surface area contributed by atoms with Gasteiger partial charge < -0.3 is 16.0 Å². The molecule has 1 fully saturated rings. The Hall–Kier alpha value is -2.28. The molecule has 1 aromatic heterocycles. The molecule has 1 aliphatic heterocycles. The van der Waals surface area contributed by atoms with Gasteiger partial charge in [-0.05, 0) is 5.56 Å². The van der Waals surface area contributed by atoms with Crippen LogP contribution in [0.5, 0.6) is 0 Å². The van der Waals surface area contributed by atoms with E-state index in [0.29, 0.717) is 18.1 Å². The van der Waals surface area contributed by atoms with Crippen molar-refractivity contribution < 1.29 is 4.79 Å². The van der Waals surface area contributed by atoms with Crippen LogP contribution < -0.4 is 16.0 Å². The highest BCUT2D eigenvalue weighted by atomic mass is 32.2. The van der Waals surface area contributed by atoms with Crippen molar-refractivity contribution in [2.45, 2.75) is 6.54 Å². The molecule has 0 bridgehead atoms. The molecule has 0 radical (unpaired) electrons. The van der Waals surface area contributed by atoms with E-state index in [1.807, 2.05) is 42.1 Å². The number of aromatic nitrogens is 2. The highest BCUT2D eigenvalue weighted by molar-refractivity contribution is 7.99. The second-order valence-corrected chi connectivity index (χ2v) is 6.46. The number of hydrogen-bond acceptors (Lipinski definition) is 6. The molecule has 1 aromatic carbocycles. The summed E-state index contributed by atoms with van der Waals surface area (Å²) in [6, 6.07) is 9.72. The van der Waals surface area contributed by atoms with Crippen LogP contribution in [0.1, 0.15) is 15.9 Å². The van der Waals surface area contributed by atoms with Crippen molar-refractivity contribution in [2.24, 2.45) is 0 Å². The summed E-state index contributed by atoms with van der Waals surface area (Å²) in [5.74, 6) is 2.68. The van der Waals surface area contributed by atoms with Crippen LogP contribution in [-0.4, -0.2) is 40.5 Å². The number of nitrogen functional groups attached to an aromatic ring is 1. The van der Waals surface area contributed by atoms with Gasteiger partial charge in [-0.3, -0.25) is 4.79 Å². The van der Waals surface area contributed by atoms with E-state index in [4.69, 9.17) is 5.73 Å². The van der Waals surface area contributed by atoms with Crippen LogP contribution in [0.15, 0.2) is 36.5 Å². The molecular weight excluding hydrogens is 310 g/mol. The molecule has 7 heteroatoms. The van der Waals surface area contributed by atoms with Gasteiger partial charge in [0, 0.05) is 37.3 Å². The third kappa shape index (κ3) is 3.92. The predicted octanol–water partition coefficient (Wildman–Crippen LogP) is 1.54. The van der Waals surface area contributed by atoms with Gasteiger partial charge in [0.15, 0.2) is 0 Å². The van der Waals surface area contributed by atoms with Crippen molar-refractivity contribution in [3.63, 3.8) is 0 Å². The predicted molar refractivity (Wildman–Crippen MR) is 93.6 cm³/mol. The van der Waals surface area contributed by atoms with Crippen LogP contribution in [0.4, 0.5) is 11.8 Å². The van der Waals surface area contributed by atoms with Crippen molar-refractivity contribution in [3.05, 3.63) is 47.7 Å². The van der Waals surface area contributed by atoms with Gasteiger partial charge in [0.2, 0.25) is 5.95 Å². The third-order valence-corrected chi connectivity index (χ3v) is 4.58. The van der Waals surface area contributed by atoms with Gasteiger partial charge in [0.05, 0.1) is 5.56 Å². The first-order valence-electron chi connectivity index (χ1n) is 7.51. The fourth-order valence-corrected chi connectivity index (χ4v) is 3.25. The molecule has 2 heterocycles. The number of nitrogens with zero attached hydrogens (tertiary/aromatic N) is 3. The lowest BCUT2D eigenvalue weighted by Gasteiger charge is -2.26. The Bertz CT molecular complexity index is 673. The van der Waals surface area contributed by atoms with Gasteiger partial charge >= 0.3 is 0 Å². The van der Waals surface area contributed by atoms with E-state index in [1.54, 1.807) is 0 Å². The molecule has 23 heavy (non-hydrogen) atoms. The first-order chi connectivity index (χ1) is 11.2. The van der Waals surface area contributed by atoms with Crippen LogP contribution in [0, 0.1) is 0 Å². The number of nitrogens with one attached hydrogen (secondary N) is 1. The molecule has 2 aromatic rings. The summed E-state index contributed by atoms with van der Waals surface area (Å²) in [7, 11) is 0. The Balaban J connectivity index is 1.66. The van der Waals surface area contributed by atoms with Crippen LogP contribution in [-0.2, 0) is 6.54 Å². The summed E-state index contributed by atoms with van der Waals surface area (Å²) in [4.78, 5) is 22.9. The molecule has 0 aliphatic carbocycles. The van der Waals surface area contributed by atoms with Crippen LogP contribution in [0.3, 0.4) is 0 Å². The second-order valence-electron chi connectivity index (χ2n) is 5.24. The molecule has 120 valence electrons. The normalized spacial score (nSPS) is 14.5. The molecule has 3 rings (SSSR count). The number of rotatable bonds is 4. The Labute approximate surface area is 139 Å². The average Bonchev–Trinajstić information content (AvgIpc) is 2.61. The zero-order valence-electron chi connectivity index (χ0n) is 12.7. The molecule has 0 spiro atoms. The van der Waals surface area contributed by atoms with Crippen molar-refractivity contribution in [2.75, 3.05) is 35.2 Å². The minimum atomic E-state index is -0.257. The number of nitrogens with two attached hydrogens (primary N) is 1. The second kappa shape index (κ2) is 7.32. The Morgan fingerprint density at radius 2 is 2.00 bits per heavy atom. The largest absolute Gasteiger partial charge is 0.383 e. The number of carbonyl (C=O) groups excluding carboxylic acids is 1. The summed E-state index contributed by atoms with van der Waals surface area (Å²) >= 11 is 1.92. The molecule has 1 aliphatic rings. The number of hydrogen-bond donors (Lipinski definition) is 2. The Morgan fingerprint density at radius 1 is 1.26 bits per heavy atom. The van der Waals surface area contributed by atoms with Crippen molar-refractivity contribution in [1.29, 1.82) is 0 Å². The summed E-state index contributed by atoms with van der Waals surface area (Å²) in [5.41, 5.74) is 7.30. The molecule has 0 saturated carbocycles. The smallest absolute Gasteiger partial charge is 0.256 e. The Morgan fingerprint density at radius 3 is 2.70 bits per heavy atom. The van der Waals surface area contributed by atoms with E-state index in [0.717, 1.165) is 30.2 Å². The van der Waals surface area contributed by atoms with Crippen molar-refractivity contribution in [3.8, 4) is 0 Å². The maximum absolute atomic E-state index is 12.2. The van der Waals surface area contributed by atoms with E-state index in [-0.39, 0.29) is 11.7 Å². The number of amides is 1. The summed E-state index contributed by atoms with van der Waals surface area (Å²) < 4.78 is 0. The van der Waals surface area contributed by atoms with Crippen LogP contribution in [0.2, 0.25) is 0 Å². The van der Waals surface area contributed by atoms with E-state index >= 15 is 0 Å². The van der Waals surface area contributed by atoms with E-state index < -0.39 is 0 Å². The average molecular weight is 329 g/mol. The fraction of sp³-hybridized carbons (Fsp3) is 0.312. The van der Waals surface area contributed by atoms with Gasteiger partial charge in [0.1, 0.15) is 5.82 Å². The molecule has 6 nitrogen and oxygen atoms in total.